The number of likely N-dealkylation sites (tertiary alicyclic amines) is 1. The number of urea groups is 1. The molecule has 0 aromatic heterocycles. The van der Waals surface area contributed by atoms with Crippen LogP contribution in [0.2, 0.25) is 0 Å². The maximum atomic E-state index is 12.2. The highest BCUT2D eigenvalue weighted by atomic mass is 32.2. The SMILES string of the molecule is C[C@@H](NC(=O)N1CCC(CS(C)(=O)=O)C1)c1cccc(O)c1. The van der Waals surface area contributed by atoms with Crippen molar-refractivity contribution in [1.29, 1.82) is 0 Å². The number of amides is 2. The van der Waals surface area contributed by atoms with E-state index in [4.69, 9.17) is 0 Å². The zero-order chi connectivity index (χ0) is 16.3. The second-order valence-electron chi connectivity index (χ2n) is 5.96. The van der Waals surface area contributed by atoms with Gasteiger partial charge in [-0.05, 0) is 37.0 Å². The molecule has 0 saturated carbocycles. The number of aromatic hydroxyl groups is 1. The number of sulfone groups is 1. The summed E-state index contributed by atoms with van der Waals surface area (Å²) in [5, 5.41) is 12.3. The normalized spacial score (nSPS) is 19.9. The monoisotopic (exact) mass is 326 g/mol. The number of hydrogen-bond donors (Lipinski definition) is 2. The number of phenols is 1. The van der Waals surface area contributed by atoms with Gasteiger partial charge < -0.3 is 15.3 Å². The van der Waals surface area contributed by atoms with E-state index in [9.17, 15) is 18.3 Å². The van der Waals surface area contributed by atoms with Crippen LogP contribution in [0, 0.1) is 5.92 Å². The van der Waals surface area contributed by atoms with Crippen LogP contribution in [0.5, 0.6) is 5.75 Å². The van der Waals surface area contributed by atoms with Crippen LogP contribution in [0.15, 0.2) is 24.3 Å². The van der Waals surface area contributed by atoms with Gasteiger partial charge in [0.2, 0.25) is 0 Å². The highest BCUT2D eigenvalue weighted by molar-refractivity contribution is 7.90. The summed E-state index contributed by atoms with van der Waals surface area (Å²) >= 11 is 0. The second-order valence-corrected chi connectivity index (χ2v) is 8.14. The molecule has 1 fully saturated rings. The minimum Gasteiger partial charge on any atom is -0.508 e. The van der Waals surface area contributed by atoms with Gasteiger partial charge in [0.05, 0.1) is 11.8 Å². The van der Waals surface area contributed by atoms with E-state index in [1.807, 2.05) is 13.0 Å². The van der Waals surface area contributed by atoms with Gasteiger partial charge in [0.1, 0.15) is 15.6 Å². The van der Waals surface area contributed by atoms with Crippen LogP contribution in [0.3, 0.4) is 0 Å². The minimum absolute atomic E-state index is 0.0109. The molecule has 1 aromatic carbocycles. The molecule has 1 unspecified atom stereocenters. The predicted octanol–water partition coefficient (Wildman–Crippen LogP) is 1.53. The molecule has 1 aliphatic rings. The van der Waals surface area contributed by atoms with Crippen molar-refractivity contribution in [3.05, 3.63) is 29.8 Å². The summed E-state index contributed by atoms with van der Waals surface area (Å²) in [7, 11) is -3.01. The lowest BCUT2D eigenvalue weighted by Gasteiger charge is -2.21. The van der Waals surface area contributed by atoms with Crippen molar-refractivity contribution in [2.24, 2.45) is 5.92 Å². The highest BCUT2D eigenvalue weighted by Crippen LogP contribution is 2.21. The summed E-state index contributed by atoms with van der Waals surface area (Å²) in [5.74, 6) is 0.295. The van der Waals surface area contributed by atoms with Gasteiger partial charge in [-0.2, -0.15) is 0 Å². The Morgan fingerprint density at radius 2 is 2.23 bits per heavy atom. The minimum atomic E-state index is -3.01. The van der Waals surface area contributed by atoms with E-state index in [1.54, 1.807) is 23.1 Å². The summed E-state index contributed by atoms with van der Waals surface area (Å²) in [6.45, 7) is 2.88. The maximum absolute atomic E-state index is 12.2. The van der Waals surface area contributed by atoms with Crippen LogP contribution in [0.1, 0.15) is 24.9 Å². The van der Waals surface area contributed by atoms with Crippen molar-refractivity contribution in [2.45, 2.75) is 19.4 Å². The van der Waals surface area contributed by atoms with Crippen LogP contribution in [-0.4, -0.2) is 49.6 Å². The first-order chi connectivity index (χ1) is 10.2. The van der Waals surface area contributed by atoms with Gasteiger partial charge in [-0.25, -0.2) is 13.2 Å². The van der Waals surface area contributed by atoms with E-state index in [-0.39, 0.29) is 29.5 Å². The Morgan fingerprint density at radius 1 is 1.50 bits per heavy atom. The number of phenolic OH excluding ortho intramolecular Hbond substituents is 1. The van der Waals surface area contributed by atoms with Crippen LogP contribution >= 0.6 is 0 Å². The van der Waals surface area contributed by atoms with Crippen molar-refractivity contribution in [2.75, 3.05) is 25.1 Å². The summed E-state index contributed by atoms with van der Waals surface area (Å²) in [6, 6.07) is 6.32. The molecule has 0 radical (unpaired) electrons. The van der Waals surface area contributed by atoms with Crippen molar-refractivity contribution in [3.63, 3.8) is 0 Å². The van der Waals surface area contributed by atoms with E-state index in [0.29, 0.717) is 19.5 Å². The average Bonchev–Trinajstić information content (AvgIpc) is 2.85. The quantitative estimate of drug-likeness (QED) is 0.878. The topological polar surface area (TPSA) is 86.7 Å². The lowest BCUT2D eigenvalue weighted by molar-refractivity contribution is 0.204. The molecular formula is C15H22N2O4S. The molecule has 0 aliphatic carbocycles. The predicted molar refractivity (Wildman–Crippen MR) is 84.4 cm³/mol. The van der Waals surface area contributed by atoms with E-state index in [0.717, 1.165) is 5.56 Å². The molecule has 2 N–H and O–H groups in total. The summed E-state index contributed by atoms with van der Waals surface area (Å²) in [4.78, 5) is 13.9. The summed E-state index contributed by atoms with van der Waals surface area (Å²) in [6.07, 6.45) is 1.93. The van der Waals surface area contributed by atoms with Gasteiger partial charge in [0.15, 0.2) is 0 Å². The molecule has 2 atom stereocenters. The summed E-state index contributed by atoms with van der Waals surface area (Å²) < 4.78 is 22.6. The molecule has 122 valence electrons. The molecule has 1 saturated heterocycles. The van der Waals surface area contributed by atoms with Crippen LogP contribution in [0.25, 0.3) is 0 Å². The Morgan fingerprint density at radius 3 is 2.86 bits per heavy atom. The van der Waals surface area contributed by atoms with Gasteiger partial charge >= 0.3 is 6.03 Å². The Bertz CT molecular complexity index is 645. The number of nitrogens with one attached hydrogen (secondary N) is 1. The Kier molecular flexibility index (Phi) is 4.95. The Balaban J connectivity index is 1.90. The van der Waals surface area contributed by atoms with Gasteiger partial charge in [-0.1, -0.05) is 12.1 Å². The fourth-order valence-corrected chi connectivity index (χ4v) is 3.86. The molecular weight excluding hydrogens is 304 g/mol. The van der Waals surface area contributed by atoms with Gasteiger partial charge in [-0.15, -0.1) is 0 Å². The molecule has 1 heterocycles. The molecule has 6 nitrogen and oxygen atoms in total. The Hall–Kier alpha value is -1.76. The fraction of sp³-hybridized carbons (Fsp3) is 0.533. The lowest BCUT2D eigenvalue weighted by atomic mass is 10.1. The standard InChI is InChI=1S/C15H22N2O4S/c1-11(13-4-3-5-14(18)8-13)16-15(19)17-7-6-12(9-17)10-22(2,20)21/h3-5,8,11-12,18H,6-7,9-10H2,1-2H3,(H,16,19)/t11-,12?/m1/s1. The molecule has 2 rings (SSSR count). The molecule has 1 aliphatic heterocycles. The Labute approximate surface area is 131 Å². The van der Waals surface area contributed by atoms with E-state index in [1.165, 1.54) is 6.26 Å². The van der Waals surface area contributed by atoms with E-state index < -0.39 is 9.84 Å². The lowest BCUT2D eigenvalue weighted by Crippen LogP contribution is -2.40. The molecule has 0 spiro atoms. The van der Waals surface area contributed by atoms with Crippen molar-refractivity contribution < 1.29 is 18.3 Å². The number of carbonyl (C=O) groups is 1. The highest BCUT2D eigenvalue weighted by Gasteiger charge is 2.29. The van der Waals surface area contributed by atoms with Gasteiger partial charge in [0, 0.05) is 19.3 Å². The number of rotatable bonds is 4. The third-order valence-corrected chi connectivity index (χ3v) is 4.90. The smallest absolute Gasteiger partial charge is 0.317 e. The van der Waals surface area contributed by atoms with E-state index >= 15 is 0 Å². The summed E-state index contributed by atoms with van der Waals surface area (Å²) in [5.41, 5.74) is 0.820. The third-order valence-electron chi connectivity index (χ3n) is 3.82. The van der Waals surface area contributed by atoms with Gasteiger partial charge in [0.25, 0.3) is 0 Å². The second kappa shape index (κ2) is 6.56. The number of nitrogens with zero attached hydrogens (tertiary/aromatic N) is 1. The number of carbonyl (C=O) groups excluding carboxylic acids is 1. The third kappa shape index (κ3) is 4.62. The first-order valence-corrected chi connectivity index (χ1v) is 9.33. The maximum Gasteiger partial charge on any atom is 0.317 e. The largest absolute Gasteiger partial charge is 0.508 e. The fourth-order valence-electron chi connectivity index (χ4n) is 2.74. The molecule has 0 bridgehead atoms. The zero-order valence-corrected chi connectivity index (χ0v) is 13.6. The first kappa shape index (κ1) is 16.6. The average molecular weight is 326 g/mol. The van der Waals surface area contributed by atoms with Crippen LogP contribution in [0.4, 0.5) is 4.79 Å². The molecule has 1 aromatic rings. The molecule has 22 heavy (non-hydrogen) atoms. The van der Waals surface area contributed by atoms with Gasteiger partial charge in [-0.3, -0.25) is 0 Å². The van der Waals surface area contributed by atoms with Crippen molar-refractivity contribution >= 4 is 15.9 Å². The number of benzene rings is 1. The molecule has 7 heteroatoms. The zero-order valence-electron chi connectivity index (χ0n) is 12.8. The van der Waals surface area contributed by atoms with E-state index in [2.05, 4.69) is 5.32 Å². The van der Waals surface area contributed by atoms with Crippen molar-refractivity contribution in [3.8, 4) is 5.75 Å². The van der Waals surface area contributed by atoms with Crippen LogP contribution < -0.4 is 5.32 Å². The van der Waals surface area contributed by atoms with Crippen LogP contribution in [-0.2, 0) is 9.84 Å². The van der Waals surface area contributed by atoms with Crippen molar-refractivity contribution in [1.82, 2.24) is 10.2 Å². The molecule has 2 amide bonds. The number of hydrogen-bond acceptors (Lipinski definition) is 4. The first-order valence-electron chi connectivity index (χ1n) is 7.26.